The van der Waals surface area contributed by atoms with Gasteiger partial charge in [0.15, 0.2) is 5.82 Å². The lowest BCUT2D eigenvalue weighted by atomic mass is 10.2. The molecule has 0 atom stereocenters. The van der Waals surface area contributed by atoms with Crippen LogP contribution in [0.4, 0.5) is 10.2 Å². The van der Waals surface area contributed by atoms with Crippen molar-refractivity contribution in [3.05, 3.63) is 22.4 Å². The maximum Gasteiger partial charge on any atom is 0.305 e. The van der Waals surface area contributed by atoms with Crippen molar-refractivity contribution in [3.8, 4) is 0 Å². The summed E-state index contributed by atoms with van der Waals surface area (Å²) in [5.41, 5.74) is 0.765. The quantitative estimate of drug-likeness (QED) is 0.909. The number of halogens is 2. The minimum absolute atomic E-state index is 0.0168. The summed E-state index contributed by atoms with van der Waals surface area (Å²) in [6, 6.07) is 3.01. The molecule has 0 saturated carbocycles. The van der Waals surface area contributed by atoms with E-state index < -0.39 is 5.97 Å². The van der Waals surface area contributed by atoms with Crippen molar-refractivity contribution in [2.24, 2.45) is 7.05 Å². The number of hydrogen-bond acceptors (Lipinski definition) is 3. The molecule has 18 heavy (non-hydrogen) atoms. The van der Waals surface area contributed by atoms with Crippen LogP contribution in [0.1, 0.15) is 6.42 Å². The van der Waals surface area contributed by atoms with Crippen LogP contribution >= 0.6 is 15.9 Å². The predicted molar refractivity (Wildman–Crippen MR) is 69.1 cm³/mol. The number of aromatic nitrogens is 2. The van der Waals surface area contributed by atoms with E-state index in [1.54, 1.807) is 17.8 Å². The van der Waals surface area contributed by atoms with Crippen LogP contribution in [0.5, 0.6) is 0 Å². The Labute approximate surface area is 111 Å². The largest absolute Gasteiger partial charge is 0.481 e. The number of aryl methyl sites for hydroxylation is 1. The maximum atomic E-state index is 13.5. The lowest BCUT2D eigenvalue weighted by Crippen LogP contribution is -2.08. The number of anilines is 1. The number of fused-ring (bicyclic) bond motifs is 1. The van der Waals surface area contributed by atoms with Crippen molar-refractivity contribution in [1.29, 1.82) is 0 Å². The summed E-state index contributed by atoms with van der Waals surface area (Å²) in [4.78, 5) is 10.4. The Morgan fingerprint density at radius 3 is 3.00 bits per heavy atom. The molecule has 1 aromatic heterocycles. The van der Waals surface area contributed by atoms with Crippen molar-refractivity contribution >= 4 is 38.6 Å². The number of hydrogen-bond donors (Lipinski definition) is 2. The molecule has 0 aliphatic rings. The smallest absolute Gasteiger partial charge is 0.305 e. The molecular formula is C11H11BrFN3O2. The van der Waals surface area contributed by atoms with E-state index in [0.717, 1.165) is 5.52 Å². The van der Waals surface area contributed by atoms with Gasteiger partial charge in [-0.25, -0.2) is 4.39 Å². The molecule has 0 aliphatic heterocycles. The summed E-state index contributed by atoms with van der Waals surface area (Å²) < 4.78 is 15.5. The van der Waals surface area contributed by atoms with Crippen molar-refractivity contribution < 1.29 is 14.3 Å². The van der Waals surface area contributed by atoms with Gasteiger partial charge in [0.05, 0.1) is 16.4 Å². The lowest BCUT2D eigenvalue weighted by Gasteiger charge is -2.01. The summed E-state index contributed by atoms with van der Waals surface area (Å²) >= 11 is 3.12. The Balaban J connectivity index is 2.33. The predicted octanol–water partition coefficient (Wildman–Crippen LogP) is 2.36. The molecule has 0 spiro atoms. The van der Waals surface area contributed by atoms with E-state index in [9.17, 15) is 9.18 Å². The fourth-order valence-corrected chi connectivity index (χ4v) is 2.00. The molecule has 0 aliphatic carbocycles. The summed E-state index contributed by atoms with van der Waals surface area (Å²) in [5.74, 6) is -0.784. The van der Waals surface area contributed by atoms with Gasteiger partial charge in [-0.1, -0.05) is 0 Å². The maximum absolute atomic E-state index is 13.5. The van der Waals surface area contributed by atoms with E-state index in [1.807, 2.05) is 0 Å². The number of rotatable bonds is 4. The second kappa shape index (κ2) is 4.93. The van der Waals surface area contributed by atoms with Crippen LogP contribution in [0.15, 0.2) is 16.6 Å². The number of carboxylic acid groups (broad SMARTS) is 1. The molecule has 1 heterocycles. The van der Waals surface area contributed by atoms with Crippen LogP contribution in [0.3, 0.4) is 0 Å². The van der Waals surface area contributed by atoms with Crippen LogP contribution in [-0.4, -0.2) is 27.4 Å². The third kappa shape index (κ3) is 2.45. The normalized spacial score (nSPS) is 10.8. The van der Waals surface area contributed by atoms with Gasteiger partial charge in [-0.2, -0.15) is 5.10 Å². The van der Waals surface area contributed by atoms with E-state index in [4.69, 9.17) is 5.11 Å². The van der Waals surface area contributed by atoms with Crippen LogP contribution in [0.2, 0.25) is 0 Å². The first-order valence-electron chi connectivity index (χ1n) is 5.26. The Kier molecular flexibility index (Phi) is 3.51. The van der Waals surface area contributed by atoms with Crippen molar-refractivity contribution in [2.45, 2.75) is 6.42 Å². The first-order valence-corrected chi connectivity index (χ1v) is 6.05. The fourth-order valence-electron chi connectivity index (χ4n) is 1.67. The highest BCUT2D eigenvalue weighted by atomic mass is 79.9. The van der Waals surface area contributed by atoms with E-state index in [-0.39, 0.29) is 18.8 Å². The van der Waals surface area contributed by atoms with Gasteiger partial charge in [-0.3, -0.25) is 9.48 Å². The molecule has 7 heteroatoms. The number of nitrogens with zero attached hydrogens (tertiary/aromatic N) is 2. The molecule has 2 aromatic rings. The molecule has 0 bridgehead atoms. The SMILES string of the molecule is Cn1nc(NCCC(=O)O)c2cc(F)c(Br)cc21. The Morgan fingerprint density at radius 2 is 2.33 bits per heavy atom. The van der Waals surface area contributed by atoms with Crippen LogP contribution < -0.4 is 5.32 Å². The highest BCUT2D eigenvalue weighted by molar-refractivity contribution is 9.10. The van der Waals surface area contributed by atoms with Gasteiger partial charge in [0.25, 0.3) is 0 Å². The molecule has 2 N–H and O–H groups in total. The summed E-state index contributed by atoms with van der Waals surface area (Å²) in [5, 5.41) is 16.3. The third-order valence-corrected chi connectivity index (χ3v) is 3.13. The molecule has 0 fully saturated rings. The van der Waals surface area contributed by atoms with E-state index >= 15 is 0 Å². The van der Waals surface area contributed by atoms with Gasteiger partial charge in [-0.15, -0.1) is 0 Å². The Hall–Kier alpha value is -1.63. The molecule has 0 amide bonds. The zero-order valence-corrected chi connectivity index (χ0v) is 11.2. The summed E-state index contributed by atoms with van der Waals surface area (Å²) in [7, 11) is 1.75. The number of nitrogens with one attached hydrogen (secondary N) is 1. The van der Waals surface area contributed by atoms with Gasteiger partial charge >= 0.3 is 5.97 Å². The van der Waals surface area contributed by atoms with Gasteiger partial charge in [-0.05, 0) is 28.1 Å². The molecular weight excluding hydrogens is 305 g/mol. The number of carbonyl (C=O) groups is 1. The topological polar surface area (TPSA) is 67.2 Å². The first-order chi connectivity index (χ1) is 8.49. The summed E-state index contributed by atoms with van der Waals surface area (Å²) in [6.07, 6.45) is -0.0168. The minimum Gasteiger partial charge on any atom is -0.481 e. The monoisotopic (exact) mass is 315 g/mol. The van der Waals surface area contributed by atoms with Gasteiger partial charge in [0, 0.05) is 19.0 Å². The molecule has 96 valence electrons. The highest BCUT2D eigenvalue weighted by Crippen LogP contribution is 2.27. The summed E-state index contributed by atoms with van der Waals surface area (Å²) in [6.45, 7) is 0.249. The zero-order valence-electron chi connectivity index (χ0n) is 9.57. The number of aliphatic carboxylic acids is 1. The molecule has 2 rings (SSSR count). The van der Waals surface area contributed by atoms with Crippen molar-refractivity contribution in [1.82, 2.24) is 9.78 Å². The van der Waals surface area contributed by atoms with E-state index in [0.29, 0.717) is 15.7 Å². The number of benzene rings is 1. The molecule has 0 unspecified atom stereocenters. The van der Waals surface area contributed by atoms with Crippen molar-refractivity contribution in [2.75, 3.05) is 11.9 Å². The highest BCUT2D eigenvalue weighted by Gasteiger charge is 2.12. The third-order valence-electron chi connectivity index (χ3n) is 2.52. The average Bonchev–Trinajstić information content (AvgIpc) is 2.57. The second-order valence-electron chi connectivity index (χ2n) is 3.83. The Morgan fingerprint density at radius 1 is 1.61 bits per heavy atom. The molecule has 5 nitrogen and oxygen atoms in total. The zero-order chi connectivity index (χ0) is 13.3. The first kappa shape index (κ1) is 12.8. The average molecular weight is 316 g/mol. The van der Waals surface area contributed by atoms with Crippen molar-refractivity contribution in [3.63, 3.8) is 0 Å². The molecule has 0 saturated heterocycles. The second-order valence-corrected chi connectivity index (χ2v) is 4.68. The number of carboxylic acids is 1. The van der Waals surface area contributed by atoms with Gasteiger partial charge in [0.1, 0.15) is 5.82 Å². The fraction of sp³-hybridized carbons (Fsp3) is 0.273. The van der Waals surface area contributed by atoms with Gasteiger partial charge in [0.2, 0.25) is 0 Å². The van der Waals surface area contributed by atoms with E-state index in [1.165, 1.54) is 6.07 Å². The standard InChI is InChI=1S/C11H11BrFN3O2/c1-16-9-5-7(12)8(13)4-6(9)11(15-16)14-3-2-10(17)18/h4-5H,2-3H2,1H3,(H,14,15)(H,17,18). The van der Waals surface area contributed by atoms with Crippen LogP contribution in [-0.2, 0) is 11.8 Å². The minimum atomic E-state index is -0.892. The van der Waals surface area contributed by atoms with Crippen LogP contribution in [0.25, 0.3) is 10.9 Å². The Bertz CT molecular complexity index is 612. The molecule has 0 radical (unpaired) electrons. The van der Waals surface area contributed by atoms with E-state index in [2.05, 4.69) is 26.3 Å². The van der Waals surface area contributed by atoms with Crippen LogP contribution in [0, 0.1) is 5.82 Å². The lowest BCUT2D eigenvalue weighted by molar-refractivity contribution is -0.136. The van der Waals surface area contributed by atoms with Gasteiger partial charge < -0.3 is 10.4 Å². The molecule has 1 aromatic carbocycles.